The van der Waals surface area contributed by atoms with E-state index in [-0.39, 0.29) is 5.91 Å². The minimum atomic E-state index is -0.696. The summed E-state index contributed by atoms with van der Waals surface area (Å²) in [6.45, 7) is 2.62. The second-order valence-electron chi connectivity index (χ2n) is 7.02. The van der Waals surface area contributed by atoms with Crippen LogP contribution in [-0.2, 0) is 4.79 Å². The summed E-state index contributed by atoms with van der Waals surface area (Å²) in [5, 5.41) is 10.4. The van der Waals surface area contributed by atoms with Crippen molar-refractivity contribution in [2.24, 2.45) is 5.92 Å². The van der Waals surface area contributed by atoms with E-state index in [0.29, 0.717) is 18.4 Å². The van der Waals surface area contributed by atoms with Crippen LogP contribution in [0.4, 0.5) is 0 Å². The van der Waals surface area contributed by atoms with Crippen LogP contribution in [0, 0.1) is 5.92 Å². The molecule has 2 atom stereocenters. The van der Waals surface area contributed by atoms with Gasteiger partial charge in [0.15, 0.2) is 0 Å². The van der Waals surface area contributed by atoms with Crippen LogP contribution in [0.3, 0.4) is 0 Å². The molecule has 2 fully saturated rings. The number of carbonyl (C=O) groups excluding carboxylic acids is 1. The van der Waals surface area contributed by atoms with Crippen molar-refractivity contribution < 1.29 is 14.3 Å². The highest BCUT2D eigenvalue weighted by Crippen LogP contribution is 2.47. The third-order valence-corrected chi connectivity index (χ3v) is 4.95. The molecule has 2 saturated carbocycles. The van der Waals surface area contributed by atoms with Gasteiger partial charge < -0.3 is 14.4 Å². The summed E-state index contributed by atoms with van der Waals surface area (Å²) in [6.07, 6.45) is 8.10. The van der Waals surface area contributed by atoms with Crippen LogP contribution in [0.2, 0.25) is 0 Å². The lowest BCUT2D eigenvalue weighted by Gasteiger charge is -2.27. The normalized spacial score (nSPS) is 26.5. The van der Waals surface area contributed by atoms with Gasteiger partial charge in [0.2, 0.25) is 5.91 Å². The maximum absolute atomic E-state index is 12.1. The van der Waals surface area contributed by atoms with Gasteiger partial charge in [-0.25, -0.2) is 0 Å². The van der Waals surface area contributed by atoms with Crippen molar-refractivity contribution in [3.8, 4) is 0 Å². The van der Waals surface area contributed by atoms with Gasteiger partial charge in [-0.2, -0.15) is 0 Å². The lowest BCUT2D eigenvalue weighted by molar-refractivity contribution is -0.127. The Labute approximate surface area is 131 Å². The van der Waals surface area contributed by atoms with Gasteiger partial charge in [0, 0.05) is 25.6 Å². The third-order valence-electron chi connectivity index (χ3n) is 4.95. The van der Waals surface area contributed by atoms with Crippen LogP contribution in [0.25, 0.3) is 6.08 Å². The molecule has 1 amide bonds. The van der Waals surface area contributed by atoms with Gasteiger partial charge in [0.25, 0.3) is 0 Å². The van der Waals surface area contributed by atoms with Crippen molar-refractivity contribution in [3.63, 3.8) is 0 Å². The molecule has 1 N–H and O–H groups in total. The van der Waals surface area contributed by atoms with Gasteiger partial charge in [-0.05, 0) is 43.4 Å². The van der Waals surface area contributed by atoms with Crippen molar-refractivity contribution in [1.29, 1.82) is 0 Å². The maximum Gasteiger partial charge on any atom is 0.246 e. The fraction of sp³-hybridized carbons (Fsp3) is 0.611. The number of rotatable bonds is 5. The summed E-state index contributed by atoms with van der Waals surface area (Å²) in [6, 6.07) is 3.91. The number of nitrogens with zero attached hydrogens (tertiary/aromatic N) is 1. The summed E-state index contributed by atoms with van der Waals surface area (Å²) in [5.41, 5.74) is -0.696. The number of likely N-dealkylation sites (N-methyl/N-ethyl adjacent to an activating group) is 1. The van der Waals surface area contributed by atoms with Gasteiger partial charge >= 0.3 is 0 Å². The standard InChI is InChI=1S/C18H25NO3/c1-13-11-15(13)16-7-5-14(22-16)6-8-17(20)19(2)12-18(21)9-3-4-10-18/h5-8,13,15,21H,3-4,9-12H2,1-2H3/b8-6+. The average molecular weight is 303 g/mol. The molecule has 0 saturated heterocycles. The molecule has 0 bridgehead atoms. The SMILES string of the molecule is CC1CC1c1ccc(/C=C/C(=O)N(C)CC2(O)CCCC2)o1. The van der Waals surface area contributed by atoms with E-state index in [9.17, 15) is 9.90 Å². The highest BCUT2D eigenvalue weighted by Gasteiger charge is 2.36. The minimum absolute atomic E-state index is 0.0990. The van der Waals surface area contributed by atoms with E-state index < -0.39 is 5.60 Å². The van der Waals surface area contributed by atoms with E-state index in [1.807, 2.05) is 12.1 Å². The molecule has 4 nitrogen and oxygen atoms in total. The van der Waals surface area contributed by atoms with Gasteiger partial charge in [-0.3, -0.25) is 4.79 Å². The summed E-state index contributed by atoms with van der Waals surface area (Å²) < 4.78 is 5.75. The van der Waals surface area contributed by atoms with Crippen LogP contribution in [0.1, 0.15) is 56.5 Å². The lowest BCUT2D eigenvalue weighted by Crippen LogP contribution is -2.41. The first-order chi connectivity index (χ1) is 10.5. The molecule has 2 aliphatic carbocycles. The fourth-order valence-electron chi connectivity index (χ4n) is 3.37. The maximum atomic E-state index is 12.1. The van der Waals surface area contributed by atoms with Crippen molar-refractivity contribution >= 4 is 12.0 Å². The van der Waals surface area contributed by atoms with Crippen LogP contribution in [0.5, 0.6) is 0 Å². The zero-order valence-electron chi connectivity index (χ0n) is 13.4. The highest BCUT2D eigenvalue weighted by atomic mass is 16.3. The first-order valence-corrected chi connectivity index (χ1v) is 8.22. The van der Waals surface area contributed by atoms with Crippen LogP contribution >= 0.6 is 0 Å². The number of carbonyl (C=O) groups is 1. The van der Waals surface area contributed by atoms with E-state index in [1.165, 1.54) is 12.5 Å². The second-order valence-corrected chi connectivity index (χ2v) is 7.02. The topological polar surface area (TPSA) is 53.7 Å². The molecular weight excluding hydrogens is 278 g/mol. The van der Waals surface area contributed by atoms with Gasteiger partial charge in [-0.1, -0.05) is 19.8 Å². The Morgan fingerprint density at radius 1 is 1.45 bits per heavy atom. The molecular formula is C18H25NO3. The predicted molar refractivity (Wildman–Crippen MR) is 85.3 cm³/mol. The monoisotopic (exact) mass is 303 g/mol. The molecule has 2 unspecified atom stereocenters. The Bertz CT molecular complexity index is 569. The van der Waals surface area contributed by atoms with E-state index in [4.69, 9.17) is 4.42 Å². The number of hydrogen-bond donors (Lipinski definition) is 1. The summed E-state index contributed by atoms with van der Waals surface area (Å²) in [5.74, 6) is 2.90. The number of amides is 1. The van der Waals surface area contributed by atoms with Crippen LogP contribution in [-0.4, -0.2) is 35.1 Å². The minimum Gasteiger partial charge on any atom is -0.461 e. The lowest BCUT2D eigenvalue weighted by atomic mass is 10.0. The Morgan fingerprint density at radius 3 is 2.77 bits per heavy atom. The van der Waals surface area contributed by atoms with E-state index in [1.54, 1.807) is 18.0 Å². The predicted octanol–water partition coefficient (Wildman–Crippen LogP) is 3.18. The Balaban J connectivity index is 1.55. The van der Waals surface area contributed by atoms with Crippen LogP contribution in [0.15, 0.2) is 22.6 Å². The third kappa shape index (κ3) is 3.43. The van der Waals surface area contributed by atoms with Gasteiger partial charge in [-0.15, -0.1) is 0 Å². The first-order valence-electron chi connectivity index (χ1n) is 8.22. The number of furan rings is 1. The van der Waals surface area contributed by atoms with Crippen molar-refractivity contribution in [2.75, 3.05) is 13.6 Å². The molecule has 3 rings (SSSR count). The highest BCUT2D eigenvalue weighted by molar-refractivity contribution is 5.91. The smallest absolute Gasteiger partial charge is 0.246 e. The van der Waals surface area contributed by atoms with Crippen molar-refractivity contribution in [1.82, 2.24) is 4.90 Å². The largest absolute Gasteiger partial charge is 0.461 e. The summed E-state index contributed by atoms with van der Waals surface area (Å²) in [4.78, 5) is 13.7. The first kappa shape index (κ1) is 15.3. The van der Waals surface area contributed by atoms with E-state index in [0.717, 1.165) is 37.2 Å². The molecule has 0 radical (unpaired) electrons. The number of hydrogen-bond acceptors (Lipinski definition) is 3. The quantitative estimate of drug-likeness (QED) is 0.850. The molecule has 0 aromatic carbocycles. The Hall–Kier alpha value is -1.55. The van der Waals surface area contributed by atoms with E-state index in [2.05, 4.69) is 6.92 Å². The molecule has 2 aliphatic rings. The molecule has 0 aliphatic heterocycles. The molecule has 1 heterocycles. The van der Waals surface area contributed by atoms with Crippen molar-refractivity contribution in [3.05, 3.63) is 29.7 Å². The molecule has 22 heavy (non-hydrogen) atoms. The van der Waals surface area contributed by atoms with Gasteiger partial charge in [0.05, 0.1) is 5.60 Å². The second kappa shape index (κ2) is 5.92. The molecule has 120 valence electrons. The zero-order chi connectivity index (χ0) is 15.7. The van der Waals surface area contributed by atoms with Crippen LogP contribution < -0.4 is 0 Å². The van der Waals surface area contributed by atoms with E-state index >= 15 is 0 Å². The fourth-order valence-corrected chi connectivity index (χ4v) is 3.37. The number of aliphatic hydroxyl groups is 1. The summed E-state index contributed by atoms with van der Waals surface area (Å²) in [7, 11) is 1.74. The van der Waals surface area contributed by atoms with Gasteiger partial charge in [0.1, 0.15) is 11.5 Å². The Morgan fingerprint density at radius 2 is 2.14 bits per heavy atom. The Kier molecular flexibility index (Phi) is 4.13. The van der Waals surface area contributed by atoms with Crippen molar-refractivity contribution in [2.45, 2.75) is 50.5 Å². The average Bonchev–Trinajstić information content (AvgIpc) is 2.90. The molecule has 4 heteroatoms. The zero-order valence-corrected chi connectivity index (χ0v) is 13.4. The molecule has 0 spiro atoms. The molecule has 1 aromatic heterocycles. The molecule has 1 aromatic rings. The summed E-state index contributed by atoms with van der Waals surface area (Å²) >= 11 is 0.